The van der Waals surface area contributed by atoms with Gasteiger partial charge in [-0.05, 0) is 24.1 Å². The number of thiazole rings is 1. The maximum absolute atomic E-state index is 12.9. The zero-order valence-corrected chi connectivity index (χ0v) is 17.7. The quantitative estimate of drug-likeness (QED) is 0.628. The Labute approximate surface area is 178 Å². The number of carbonyl (C=O) groups is 2. The van der Waals surface area contributed by atoms with E-state index in [-0.39, 0.29) is 18.2 Å². The second-order valence-electron chi connectivity index (χ2n) is 7.12. The van der Waals surface area contributed by atoms with E-state index >= 15 is 0 Å². The minimum atomic E-state index is -0.425. The van der Waals surface area contributed by atoms with Gasteiger partial charge < -0.3 is 14.6 Å². The monoisotopic (exact) mass is 425 g/mol. The minimum absolute atomic E-state index is 0.0909. The molecule has 1 atom stereocenters. The van der Waals surface area contributed by atoms with Crippen LogP contribution in [0.3, 0.4) is 0 Å². The average molecular weight is 426 g/mol. The highest BCUT2D eigenvalue weighted by Crippen LogP contribution is 2.27. The van der Waals surface area contributed by atoms with Gasteiger partial charge in [0.2, 0.25) is 11.8 Å². The lowest BCUT2D eigenvalue weighted by Gasteiger charge is -2.19. The van der Waals surface area contributed by atoms with Gasteiger partial charge in [-0.1, -0.05) is 12.1 Å². The van der Waals surface area contributed by atoms with E-state index in [4.69, 9.17) is 4.74 Å². The summed E-state index contributed by atoms with van der Waals surface area (Å²) in [7, 11) is 3.50. The molecule has 1 saturated heterocycles. The van der Waals surface area contributed by atoms with E-state index < -0.39 is 6.04 Å². The van der Waals surface area contributed by atoms with Crippen molar-refractivity contribution in [2.75, 3.05) is 18.6 Å². The number of anilines is 1. The molecule has 8 nitrogen and oxygen atoms in total. The number of nitrogens with one attached hydrogen (secondary N) is 1. The van der Waals surface area contributed by atoms with Crippen molar-refractivity contribution < 1.29 is 14.3 Å². The first kappa shape index (κ1) is 20.1. The van der Waals surface area contributed by atoms with Crippen LogP contribution in [-0.4, -0.2) is 40.0 Å². The summed E-state index contributed by atoms with van der Waals surface area (Å²) in [5.41, 5.74) is 1.52. The van der Waals surface area contributed by atoms with Crippen LogP contribution in [0.1, 0.15) is 36.0 Å². The van der Waals surface area contributed by atoms with Crippen molar-refractivity contribution in [2.24, 2.45) is 7.05 Å². The number of hydrogen-bond donors (Lipinski definition) is 1. The Balaban J connectivity index is 1.52. The summed E-state index contributed by atoms with van der Waals surface area (Å²) in [6.07, 6.45) is 5.08. The molecule has 3 heterocycles. The summed E-state index contributed by atoms with van der Waals surface area (Å²) >= 11 is 1.39. The molecular formula is C21H23N5O3S. The molecule has 1 aliphatic rings. The molecule has 1 aliphatic heterocycles. The number of imidazole rings is 1. The van der Waals surface area contributed by atoms with E-state index in [1.54, 1.807) is 18.2 Å². The second-order valence-corrected chi connectivity index (χ2v) is 7.96. The van der Waals surface area contributed by atoms with Crippen LogP contribution in [0.2, 0.25) is 0 Å². The van der Waals surface area contributed by atoms with Gasteiger partial charge >= 0.3 is 0 Å². The van der Waals surface area contributed by atoms with E-state index in [0.29, 0.717) is 29.5 Å². The minimum Gasteiger partial charge on any atom is -0.497 e. The molecule has 1 unspecified atom stereocenters. The smallest absolute Gasteiger partial charge is 0.228 e. The summed E-state index contributed by atoms with van der Waals surface area (Å²) in [4.78, 5) is 35.4. The number of amides is 2. The van der Waals surface area contributed by atoms with Crippen molar-refractivity contribution in [1.29, 1.82) is 0 Å². The summed E-state index contributed by atoms with van der Waals surface area (Å²) in [6, 6.07) is 7.14. The van der Waals surface area contributed by atoms with Crippen LogP contribution in [0.15, 0.2) is 42.0 Å². The molecule has 0 aliphatic carbocycles. The van der Waals surface area contributed by atoms with E-state index in [9.17, 15) is 9.59 Å². The molecule has 0 radical (unpaired) electrons. The van der Waals surface area contributed by atoms with Gasteiger partial charge in [0.1, 0.15) is 17.6 Å². The van der Waals surface area contributed by atoms with Crippen molar-refractivity contribution >= 4 is 28.3 Å². The molecule has 3 aromatic rings. The number of aryl methyl sites for hydroxylation is 1. The van der Waals surface area contributed by atoms with Crippen LogP contribution in [0, 0.1) is 0 Å². The fraction of sp³-hybridized carbons (Fsp3) is 0.333. The Morgan fingerprint density at radius 2 is 2.27 bits per heavy atom. The van der Waals surface area contributed by atoms with Crippen molar-refractivity contribution in [3.8, 4) is 5.75 Å². The summed E-state index contributed by atoms with van der Waals surface area (Å²) in [5.74, 6) is 1.35. The Hall–Kier alpha value is -3.20. The third-order valence-electron chi connectivity index (χ3n) is 5.03. The second kappa shape index (κ2) is 8.66. The molecular weight excluding hydrogens is 402 g/mol. The van der Waals surface area contributed by atoms with Crippen LogP contribution in [0.25, 0.3) is 0 Å². The summed E-state index contributed by atoms with van der Waals surface area (Å²) in [6.45, 7) is 0.690. The fourth-order valence-electron chi connectivity index (χ4n) is 3.50. The molecule has 1 fully saturated rings. The number of nitrogens with zero attached hydrogens (tertiary/aromatic N) is 4. The predicted molar refractivity (Wildman–Crippen MR) is 114 cm³/mol. The molecule has 1 aromatic carbocycles. The van der Waals surface area contributed by atoms with Gasteiger partial charge in [-0.3, -0.25) is 14.5 Å². The Kier molecular flexibility index (Phi) is 5.80. The Morgan fingerprint density at radius 1 is 1.40 bits per heavy atom. The van der Waals surface area contributed by atoms with Gasteiger partial charge in [0, 0.05) is 37.8 Å². The molecule has 30 heavy (non-hydrogen) atoms. The first-order valence-electron chi connectivity index (χ1n) is 9.70. The van der Waals surface area contributed by atoms with Crippen LogP contribution < -0.4 is 15.0 Å². The van der Waals surface area contributed by atoms with E-state index in [0.717, 1.165) is 17.8 Å². The Bertz CT molecular complexity index is 1060. The van der Waals surface area contributed by atoms with Gasteiger partial charge in [0.05, 0.1) is 19.2 Å². The van der Waals surface area contributed by atoms with Crippen molar-refractivity contribution in [3.05, 3.63) is 59.1 Å². The van der Waals surface area contributed by atoms with Gasteiger partial charge in [-0.2, -0.15) is 0 Å². The molecule has 4 rings (SSSR count). The van der Waals surface area contributed by atoms with Gasteiger partial charge in [-0.25, -0.2) is 9.97 Å². The number of ether oxygens (including phenoxy) is 1. The highest BCUT2D eigenvalue weighted by atomic mass is 32.1. The largest absolute Gasteiger partial charge is 0.497 e. The van der Waals surface area contributed by atoms with Gasteiger partial charge in [-0.15, -0.1) is 11.3 Å². The highest BCUT2D eigenvalue weighted by molar-refractivity contribution is 7.14. The highest BCUT2D eigenvalue weighted by Gasteiger charge is 2.25. The van der Waals surface area contributed by atoms with Crippen LogP contribution in [0.4, 0.5) is 5.13 Å². The molecule has 9 heteroatoms. The van der Waals surface area contributed by atoms with Gasteiger partial charge in [0.25, 0.3) is 0 Å². The van der Waals surface area contributed by atoms with E-state index in [2.05, 4.69) is 15.3 Å². The zero-order valence-electron chi connectivity index (χ0n) is 16.9. The maximum Gasteiger partial charge on any atom is 0.228 e. The Morgan fingerprint density at radius 3 is 2.97 bits per heavy atom. The van der Waals surface area contributed by atoms with E-state index in [1.165, 1.54) is 11.3 Å². The lowest BCUT2D eigenvalue weighted by atomic mass is 10.1. The number of aromatic nitrogens is 3. The zero-order chi connectivity index (χ0) is 21.1. The van der Waals surface area contributed by atoms with Crippen molar-refractivity contribution in [3.63, 3.8) is 0 Å². The molecule has 156 valence electrons. The molecule has 0 spiro atoms. The lowest BCUT2D eigenvalue weighted by Crippen LogP contribution is -2.32. The molecule has 1 N–H and O–H groups in total. The van der Waals surface area contributed by atoms with Crippen LogP contribution in [0.5, 0.6) is 5.75 Å². The van der Waals surface area contributed by atoms with Crippen molar-refractivity contribution in [1.82, 2.24) is 19.9 Å². The summed E-state index contributed by atoms with van der Waals surface area (Å²) in [5, 5.41) is 5.57. The third-order valence-corrected chi connectivity index (χ3v) is 5.95. The van der Waals surface area contributed by atoms with E-state index in [1.807, 2.05) is 47.5 Å². The summed E-state index contributed by atoms with van der Waals surface area (Å²) < 4.78 is 7.21. The normalized spacial score (nSPS) is 14.7. The van der Waals surface area contributed by atoms with Crippen LogP contribution >= 0.6 is 11.3 Å². The number of hydrogen-bond acceptors (Lipinski definition) is 6. The maximum atomic E-state index is 12.9. The number of rotatable bonds is 7. The molecule has 2 amide bonds. The molecule has 0 saturated carbocycles. The lowest BCUT2D eigenvalue weighted by molar-refractivity contribution is -0.121. The third kappa shape index (κ3) is 4.20. The number of carbonyl (C=O) groups excluding carboxylic acids is 2. The SMILES string of the molecule is COc1cccc(C(NC(=O)Cc2csc(N3CCCC3=O)n2)c2nccn2C)c1. The number of methoxy groups -OCH3 is 1. The average Bonchev–Trinajstić information content (AvgIpc) is 3.48. The topological polar surface area (TPSA) is 89.3 Å². The van der Waals surface area contributed by atoms with Crippen molar-refractivity contribution in [2.45, 2.75) is 25.3 Å². The predicted octanol–water partition coefficient (Wildman–Crippen LogP) is 2.46. The first-order chi connectivity index (χ1) is 14.5. The van der Waals surface area contributed by atoms with Gasteiger partial charge in [0.15, 0.2) is 5.13 Å². The molecule has 2 aromatic heterocycles. The fourth-order valence-corrected chi connectivity index (χ4v) is 4.37. The van der Waals surface area contributed by atoms with Crippen LogP contribution in [-0.2, 0) is 23.1 Å². The number of benzene rings is 1. The molecule has 0 bridgehead atoms. The standard InChI is InChI=1S/C21H23N5O3S/c1-25-10-8-22-20(25)19(14-5-3-6-16(11-14)29-2)24-17(27)12-15-13-30-21(23-15)26-9-4-7-18(26)28/h3,5-6,8,10-11,13,19H,4,7,9,12H2,1-2H3,(H,24,27). The first-order valence-corrected chi connectivity index (χ1v) is 10.6.